The maximum absolute atomic E-state index is 12.6. The van der Waals surface area contributed by atoms with Crippen molar-refractivity contribution in [3.63, 3.8) is 0 Å². The maximum atomic E-state index is 12.6. The Balaban J connectivity index is 2.11. The van der Waals surface area contributed by atoms with Gasteiger partial charge in [0.05, 0.1) is 4.47 Å². The number of hydrogen-bond acceptors (Lipinski definition) is 3. The maximum Gasteiger partial charge on any atom is 0.252 e. The van der Waals surface area contributed by atoms with Gasteiger partial charge in [-0.15, -0.1) is 0 Å². The van der Waals surface area contributed by atoms with Gasteiger partial charge < -0.3 is 5.32 Å². The third-order valence-electron chi connectivity index (χ3n) is 2.21. The van der Waals surface area contributed by atoms with Gasteiger partial charge in [0.1, 0.15) is 11.0 Å². The second-order valence-corrected chi connectivity index (χ2v) is 5.04. The van der Waals surface area contributed by atoms with Crippen LogP contribution in [0.1, 0.15) is 12.8 Å². The summed E-state index contributed by atoms with van der Waals surface area (Å²) < 4.78 is 25.7. The lowest BCUT2D eigenvalue weighted by atomic mass is 9.88. The van der Waals surface area contributed by atoms with Crippen LogP contribution in [0.3, 0.4) is 0 Å². The van der Waals surface area contributed by atoms with Crippen molar-refractivity contribution >= 4 is 44.9 Å². The van der Waals surface area contributed by atoms with Crippen LogP contribution in [0.2, 0.25) is 10.4 Å². The third kappa shape index (κ3) is 2.55. The largest absolute Gasteiger partial charge is 0.366 e. The molecule has 0 saturated heterocycles. The Kier molecular flexibility index (Phi) is 3.25. The predicted octanol–water partition coefficient (Wildman–Crippen LogP) is 3.76. The molecular weight excluding hydrogens is 327 g/mol. The highest BCUT2D eigenvalue weighted by atomic mass is 79.9. The SMILES string of the molecule is FC1(F)CC(Nc2nc(Cl)nc(Cl)c2Br)C1. The van der Waals surface area contributed by atoms with Crippen LogP contribution >= 0.6 is 39.1 Å². The summed E-state index contributed by atoms with van der Waals surface area (Å²) in [5.74, 6) is -2.24. The lowest BCUT2D eigenvalue weighted by Crippen LogP contribution is -2.44. The first kappa shape index (κ1) is 12.3. The molecule has 3 nitrogen and oxygen atoms in total. The highest BCUT2D eigenvalue weighted by molar-refractivity contribution is 9.10. The molecule has 0 unspecified atom stereocenters. The Morgan fingerprint density at radius 1 is 1.31 bits per heavy atom. The number of anilines is 1. The van der Waals surface area contributed by atoms with Crippen molar-refractivity contribution in [3.05, 3.63) is 14.9 Å². The van der Waals surface area contributed by atoms with Crippen molar-refractivity contribution in [2.24, 2.45) is 0 Å². The van der Waals surface area contributed by atoms with Crippen molar-refractivity contribution < 1.29 is 8.78 Å². The van der Waals surface area contributed by atoms with E-state index in [9.17, 15) is 8.78 Å². The Morgan fingerprint density at radius 3 is 2.50 bits per heavy atom. The molecule has 0 aliphatic heterocycles. The van der Waals surface area contributed by atoms with Crippen molar-refractivity contribution in [1.82, 2.24) is 9.97 Å². The summed E-state index contributed by atoms with van der Waals surface area (Å²) in [6, 6.07) is -0.312. The van der Waals surface area contributed by atoms with Gasteiger partial charge in [0.25, 0.3) is 5.92 Å². The molecule has 2 rings (SSSR count). The van der Waals surface area contributed by atoms with Crippen molar-refractivity contribution in [2.75, 3.05) is 5.32 Å². The van der Waals surface area contributed by atoms with E-state index < -0.39 is 5.92 Å². The van der Waals surface area contributed by atoms with Gasteiger partial charge in [-0.3, -0.25) is 0 Å². The Morgan fingerprint density at radius 2 is 1.94 bits per heavy atom. The van der Waals surface area contributed by atoms with Crippen LogP contribution in [-0.2, 0) is 0 Å². The summed E-state index contributed by atoms with van der Waals surface area (Å²) in [7, 11) is 0. The van der Waals surface area contributed by atoms with E-state index in [0.717, 1.165) is 0 Å². The Hall–Kier alpha value is -0.200. The van der Waals surface area contributed by atoms with Gasteiger partial charge in [-0.1, -0.05) is 11.6 Å². The highest BCUT2D eigenvalue weighted by Crippen LogP contribution is 2.40. The minimum Gasteiger partial charge on any atom is -0.366 e. The highest BCUT2D eigenvalue weighted by Gasteiger charge is 2.45. The van der Waals surface area contributed by atoms with E-state index >= 15 is 0 Å². The molecule has 16 heavy (non-hydrogen) atoms. The zero-order valence-electron chi connectivity index (χ0n) is 7.78. The lowest BCUT2D eigenvalue weighted by molar-refractivity contribution is -0.0794. The minimum absolute atomic E-state index is 0.0261. The molecule has 0 amide bonds. The first-order valence-electron chi connectivity index (χ1n) is 4.40. The van der Waals surface area contributed by atoms with E-state index in [-0.39, 0.29) is 29.3 Å². The van der Waals surface area contributed by atoms with Gasteiger partial charge in [0.2, 0.25) is 5.28 Å². The molecule has 1 fully saturated rings. The van der Waals surface area contributed by atoms with Crippen LogP contribution in [0.15, 0.2) is 4.47 Å². The Bertz CT molecular complexity index is 422. The number of aromatic nitrogens is 2. The smallest absolute Gasteiger partial charge is 0.252 e. The van der Waals surface area contributed by atoms with Crippen molar-refractivity contribution in [2.45, 2.75) is 24.8 Å². The second-order valence-electron chi connectivity index (χ2n) is 3.55. The topological polar surface area (TPSA) is 37.8 Å². The van der Waals surface area contributed by atoms with Crippen LogP contribution in [0.5, 0.6) is 0 Å². The Labute approximate surface area is 109 Å². The molecule has 0 atom stereocenters. The molecule has 1 aliphatic carbocycles. The fourth-order valence-electron chi connectivity index (χ4n) is 1.45. The average Bonchev–Trinajstić information content (AvgIpc) is 2.10. The molecule has 1 aliphatic rings. The van der Waals surface area contributed by atoms with Crippen LogP contribution in [0.25, 0.3) is 0 Å². The van der Waals surface area contributed by atoms with Crippen molar-refractivity contribution in [1.29, 1.82) is 0 Å². The number of rotatable bonds is 2. The lowest BCUT2D eigenvalue weighted by Gasteiger charge is -2.35. The van der Waals surface area contributed by atoms with E-state index in [1.807, 2.05) is 0 Å². The number of nitrogens with zero attached hydrogens (tertiary/aromatic N) is 2. The van der Waals surface area contributed by atoms with Gasteiger partial charge in [0, 0.05) is 18.9 Å². The number of nitrogens with one attached hydrogen (secondary N) is 1. The summed E-state index contributed by atoms with van der Waals surface area (Å²) in [5, 5.41) is 2.96. The first-order chi connectivity index (χ1) is 7.37. The van der Waals surface area contributed by atoms with Gasteiger partial charge in [-0.2, -0.15) is 4.98 Å². The zero-order valence-corrected chi connectivity index (χ0v) is 10.9. The molecule has 88 valence electrons. The summed E-state index contributed by atoms with van der Waals surface area (Å²) in [4.78, 5) is 7.57. The van der Waals surface area contributed by atoms with Crippen molar-refractivity contribution in [3.8, 4) is 0 Å². The molecule has 8 heteroatoms. The molecular formula is C8H6BrCl2F2N3. The number of alkyl halides is 2. The van der Waals surface area contributed by atoms with Crippen LogP contribution < -0.4 is 5.32 Å². The van der Waals surface area contributed by atoms with Gasteiger partial charge >= 0.3 is 0 Å². The van der Waals surface area contributed by atoms with E-state index in [1.54, 1.807) is 0 Å². The summed E-state index contributed by atoms with van der Waals surface area (Å²) in [5.41, 5.74) is 0. The summed E-state index contributed by atoms with van der Waals surface area (Å²) >= 11 is 14.5. The molecule has 0 radical (unpaired) electrons. The monoisotopic (exact) mass is 331 g/mol. The fourth-order valence-corrected chi connectivity index (χ4v) is 2.12. The molecule has 0 spiro atoms. The van der Waals surface area contributed by atoms with Gasteiger partial charge in [-0.25, -0.2) is 13.8 Å². The average molecular weight is 333 g/mol. The number of hydrogen-bond donors (Lipinski definition) is 1. The second kappa shape index (κ2) is 4.23. The number of halogens is 5. The predicted molar refractivity (Wildman–Crippen MR) is 61.3 cm³/mol. The summed E-state index contributed by atoms with van der Waals surface area (Å²) in [6.07, 6.45) is -0.419. The van der Waals surface area contributed by atoms with E-state index in [4.69, 9.17) is 23.2 Å². The molecule has 1 saturated carbocycles. The zero-order chi connectivity index (χ0) is 11.9. The molecule has 1 heterocycles. The van der Waals surface area contributed by atoms with E-state index in [0.29, 0.717) is 10.3 Å². The normalized spacial score (nSPS) is 19.3. The third-order valence-corrected chi connectivity index (χ3v) is 3.64. The van der Waals surface area contributed by atoms with E-state index in [1.165, 1.54) is 0 Å². The quantitative estimate of drug-likeness (QED) is 0.662. The van der Waals surface area contributed by atoms with Crippen LogP contribution in [-0.4, -0.2) is 21.9 Å². The molecule has 1 N–H and O–H groups in total. The molecule has 1 aromatic heterocycles. The summed E-state index contributed by atoms with van der Waals surface area (Å²) in [6.45, 7) is 0. The van der Waals surface area contributed by atoms with Crippen LogP contribution in [0.4, 0.5) is 14.6 Å². The van der Waals surface area contributed by atoms with Gasteiger partial charge in [0.15, 0.2) is 0 Å². The molecule has 0 aromatic carbocycles. The molecule has 1 aromatic rings. The molecule has 0 bridgehead atoms. The van der Waals surface area contributed by atoms with E-state index in [2.05, 4.69) is 31.2 Å². The standard InChI is InChI=1S/C8H6BrCl2F2N3/c9-4-5(10)15-7(11)16-6(4)14-3-1-8(12,13)2-3/h3H,1-2H2,(H,14,15,16). The van der Waals surface area contributed by atoms with Crippen LogP contribution in [0, 0.1) is 0 Å². The fraction of sp³-hybridized carbons (Fsp3) is 0.500. The first-order valence-corrected chi connectivity index (χ1v) is 5.95. The minimum atomic E-state index is -2.58. The van der Waals surface area contributed by atoms with Gasteiger partial charge in [-0.05, 0) is 27.5 Å².